The predicted octanol–water partition coefficient (Wildman–Crippen LogP) is 3.86. The van der Waals surface area contributed by atoms with E-state index in [2.05, 4.69) is 20.6 Å². The summed E-state index contributed by atoms with van der Waals surface area (Å²) >= 11 is 6.02. The van der Waals surface area contributed by atoms with E-state index < -0.39 is 5.91 Å². The smallest absolute Gasteiger partial charge is 0.275 e. The number of fused-ring (bicyclic) bond motifs is 1. The number of hydrogen-bond acceptors (Lipinski definition) is 7. The molecule has 1 aliphatic rings. The Hall–Kier alpha value is -3.52. The number of rotatable bonds is 5. The summed E-state index contributed by atoms with van der Waals surface area (Å²) in [5, 5.41) is 6.36. The summed E-state index contributed by atoms with van der Waals surface area (Å²) in [5.41, 5.74) is 1.38. The van der Waals surface area contributed by atoms with Crippen LogP contribution >= 0.6 is 11.6 Å². The number of benzene rings is 2. The van der Waals surface area contributed by atoms with Gasteiger partial charge in [-0.25, -0.2) is 9.97 Å². The molecule has 0 radical (unpaired) electrons. The van der Waals surface area contributed by atoms with E-state index in [0.717, 1.165) is 0 Å². The molecule has 1 amide bonds. The summed E-state index contributed by atoms with van der Waals surface area (Å²) in [5.74, 6) is 1.89. The van der Waals surface area contributed by atoms with Crippen LogP contribution in [0, 0.1) is 0 Å². The average Bonchev–Trinajstić information content (AvgIpc) is 3.16. The lowest BCUT2D eigenvalue weighted by Crippen LogP contribution is -2.14. The highest BCUT2D eigenvalue weighted by molar-refractivity contribution is 6.31. The number of methoxy groups -OCH3 is 1. The number of hydrogen-bond donors (Lipinski definition) is 2. The van der Waals surface area contributed by atoms with E-state index in [4.69, 9.17) is 25.8 Å². The van der Waals surface area contributed by atoms with E-state index in [9.17, 15) is 4.79 Å². The highest BCUT2D eigenvalue weighted by Crippen LogP contribution is 2.34. The first kappa shape index (κ1) is 17.9. The second-order valence-electron chi connectivity index (χ2n) is 5.78. The molecule has 1 aromatic heterocycles. The second kappa shape index (κ2) is 7.61. The first-order valence-corrected chi connectivity index (χ1v) is 8.64. The maximum atomic E-state index is 12.4. The largest absolute Gasteiger partial charge is 0.495 e. The molecule has 2 heterocycles. The summed E-state index contributed by atoms with van der Waals surface area (Å²) in [6.07, 6.45) is 2.83. The lowest BCUT2D eigenvalue weighted by Gasteiger charge is -2.11. The first-order valence-electron chi connectivity index (χ1n) is 8.26. The van der Waals surface area contributed by atoms with Gasteiger partial charge in [-0.3, -0.25) is 4.79 Å². The van der Waals surface area contributed by atoms with E-state index in [-0.39, 0.29) is 12.5 Å². The zero-order valence-electron chi connectivity index (χ0n) is 14.7. The topological polar surface area (TPSA) is 94.6 Å². The number of carbonyl (C=O) groups is 1. The molecule has 0 saturated carbocycles. The van der Waals surface area contributed by atoms with Gasteiger partial charge in [0.25, 0.3) is 5.91 Å². The third-order valence-electron chi connectivity index (χ3n) is 3.94. The molecule has 0 aliphatic carbocycles. The Morgan fingerprint density at radius 2 is 1.96 bits per heavy atom. The van der Waals surface area contributed by atoms with Crippen LogP contribution in [0.25, 0.3) is 0 Å². The maximum absolute atomic E-state index is 12.4. The van der Waals surface area contributed by atoms with Crippen molar-refractivity contribution < 1.29 is 19.0 Å². The Bertz CT molecular complexity index is 1030. The van der Waals surface area contributed by atoms with Crippen LogP contribution in [0.15, 0.2) is 48.8 Å². The summed E-state index contributed by atoms with van der Waals surface area (Å²) in [7, 11) is 1.56. The Morgan fingerprint density at radius 3 is 2.75 bits per heavy atom. The molecule has 4 rings (SSSR count). The minimum Gasteiger partial charge on any atom is -0.495 e. The van der Waals surface area contributed by atoms with Crippen LogP contribution in [0.3, 0.4) is 0 Å². The molecule has 0 atom stereocenters. The predicted molar refractivity (Wildman–Crippen MR) is 104 cm³/mol. The Morgan fingerprint density at radius 1 is 1.11 bits per heavy atom. The van der Waals surface area contributed by atoms with E-state index in [1.54, 1.807) is 43.5 Å². The lowest BCUT2D eigenvalue weighted by atomic mass is 10.2. The van der Waals surface area contributed by atoms with Gasteiger partial charge in [-0.1, -0.05) is 11.6 Å². The summed E-state index contributed by atoms with van der Waals surface area (Å²) in [4.78, 5) is 20.8. The number of ether oxygens (including phenoxy) is 3. The Kier molecular flexibility index (Phi) is 4.86. The van der Waals surface area contributed by atoms with Gasteiger partial charge < -0.3 is 24.8 Å². The number of carbonyl (C=O) groups excluding carboxylic acids is 1. The quantitative estimate of drug-likeness (QED) is 0.673. The highest BCUT2D eigenvalue weighted by atomic mass is 35.5. The molecule has 2 aromatic carbocycles. The molecular formula is C19H15ClN4O4. The standard InChI is InChI=1S/C19H15ClN4O4/c1-26-15-4-2-11(20)6-13(15)24-18-9-21-14(8-22-18)19(25)23-12-3-5-16-17(7-12)28-10-27-16/h2-9H,10H2,1H3,(H,22,24)(H,23,25). The van der Waals surface area contributed by atoms with Gasteiger partial charge >= 0.3 is 0 Å². The monoisotopic (exact) mass is 398 g/mol. The minimum absolute atomic E-state index is 0.168. The molecule has 0 unspecified atom stereocenters. The van der Waals surface area contributed by atoms with Crippen LogP contribution in [-0.2, 0) is 0 Å². The van der Waals surface area contributed by atoms with Crippen LogP contribution < -0.4 is 24.8 Å². The normalized spacial score (nSPS) is 11.8. The van der Waals surface area contributed by atoms with Crippen molar-refractivity contribution in [2.75, 3.05) is 24.5 Å². The number of nitrogens with zero attached hydrogens (tertiary/aromatic N) is 2. The fourth-order valence-corrected chi connectivity index (χ4v) is 2.77. The van der Waals surface area contributed by atoms with Crippen LogP contribution in [0.5, 0.6) is 17.2 Å². The number of aromatic nitrogens is 2. The third kappa shape index (κ3) is 3.77. The molecule has 0 spiro atoms. The van der Waals surface area contributed by atoms with Gasteiger partial charge in [0.1, 0.15) is 17.3 Å². The van der Waals surface area contributed by atoms with Gasteiger partial charge in [-0.05, 0) is 30.3 Å². The number of anilines is 3. The van der Waals surface area contributed by atoms with Gasteiger partial charge in [0.15, 0.2) is 11.5 Å². The summed E-state index contributed by atoms with van der Waals surface area (Å²) < 4.78 is 15.8. The number of nitrogens with one attached hydrogen (secondary N) is 2. The zero-order chi connectivity index (χ0) is 19.5. The van der Waals surface area contributed by atoms with Gasteiger partial charge in [-0.2, -0.15) is 0 Å². The molecule has 0 bridgehead atoms. The van der Waals surface area contributed by atoms with Crippen LogP contribution in [-0.4, -0.2) is 29.8 Å². The summed E-state index contributed by atoms with van der Waals surface area (Å²) in [6, 6.07) is 10.3. The molecule has 9 heteroatoms. The highest BCUT2D eigenvalue weighted by Gasteiger charge is 2.15. The molecule has 1 aliphatic heterocycles. The first-order chi connectivity index (χ1) is 13.6. The van der Waals surface area contributed by atoms with Crippen molar-refractivity contribution in [2.24, 2.45) is 0 Å². The fraction of sp³-hybridized carbons (Fsp3) is 0.105. The van der Waals surface area contributed by atoms with E-state index in [0.29, 0.717) is 39.5 Å². The van der Waals surface area contributed by atoms with E-state index >= 15 is 0 Å². The van der Waals surface area contributed by atoms with Crippen LogP contribution in [0.4, 0.5) is 17.2 Å². The van der Waals surface area contributed by atoms with Crippen molar-refractivity contribution in [3.63, 3.8) is 0 Å². The van der Waals surface area contributed by atoms with E-state index in [1.807, 2.05) is 0 Å². The van der Waals surface area contributed by atoms with Gasteiger partial charge in [0.2, 0.25) is 6.79 Å². The van der Waals surface area contributed by atoms with Gasteiger partial charge in [-0.15, -0.1) is 0 Å². The Balaban J connectivity index is 1.46. The van der Waals surface area contributed by atoms with Crippen molar-refractivity contribution in [2.45, 2.75) is 0 Å². The van der Waals surface area contributed by atoms with Crippen molar-refractivity contribution in [1.29, 1.82) is 0 Å². The Labute approximate surface area is 165 Å². The maximum Gasteiger partial charge on any atom is 0.275 e. The molecule has 3 aromatic rings. The van der Waals surface area contributed by atoms with Crippen molar-refractivity contribution in [1.82, 2.24) is 9.97 Å². The second-order valence-corrected chi connectivity index (χ2v) is 6.22. The fourth-order valence-electron chi connectivity index (χ4n) is 2.60. The SMILES string of the molecule is COc1ccc(Cl)cc1Nc1cnc(C(=O)Nc2ccc3c(c2)OCO3)cn1. The molecule has 2 N–H and O–H groups in total. The molecule has 142 valence electrons. The third-order valence-corrected chi connectivity index (χ3v) is 4.17. The van der Waals surface area contributed by atoms with Crippen LogP contribution in [0.2, 0.25) is 5.02 Å². The minimum atomic E-state index is -0.391. The lowest BCUT2D eigenvalue weighted by molar-refractivity contribution is 0.102. The van der Waals surface area contributed by atoms with Crippen molar-refractivity contribution >= 4 is 34.7 Å². The number of amides is 1. The molecule has 8 nitrogen and oxygen atoms in total. The molecule has 28 heavy (non-hydrogen) atoms. The summed E-state index contributed by atoms with van der Waals surface area (Å²) in [6.45, 7) is 0.171. The average molecular weight is 399 g/mol. The zero-order valence-corrected chi connectivity index (χ0v) is 15.5. The van der Waals surface area contributed by atoms with Crippen molar-refractivity contribution in [3.8, 4) is 17.2 Å². The molecule has 0 saturated heterocycles. The van der Waals surface area contributed by atoms with Gasteiger partial charge in [0.05, 0.1) is 25.2 Å². The van der Waals surface area contributed by atoms with Crippen LogP contribution in [0.1, 0.15) is 10.5 Å². The number of halogens is 1. The van der Waals surface area contributed by atoms with Crippen molar-refractivity contribution in [3.05, 3.63) is 59.5 Å². The van der Waals surface area contributed by atoms with E-state index in [1.165, 1.54) is 12.4 Å². The van der Waals surface area contributed by atoms with Gasteiger partial charge in [0, 0.05) is 16.8 Å². The molecule has 0 fully saturated rings. The molecular weight excluding hydrogens is 384 g/mol.